The van der Waals surface area contributed by atoms with Crippen molar-refractivity contribution in [2.75, 3.05) is 39.3 Å². The van der Waals surface area contributed by atoms with Crippen LogP contribution in [-0.4, -0.2) is 61.9 Å². The molecule has 0 aromatic heterocycles. The van der Waals surface area contributed by atoms with Gasteiger partial charge in [-0.2, -0.15) is 0 Å². The van der Waals surface area contributed by atoms with Gasteiger partial charge in [-0.15, -0.1) is 0 Å². The van der Waals surface area contributed by atoms with Gasteiger partial charge in [-0.05, 0) is 38.9 Å². The van der Waals surface area contributed by atoms with E-state index in [2.05, 4.69) is 20.9 Å². The molecular formula is C21H42N4O3. The lowest BCUT2D eigenvalue weighted by molar-refractivity contribution is -0.124. The molecule has 28 heavy (non-hydrogen) atoms. The van der Waals surface area contributed by atoms with E-state index in [1.54, 1.807) is 0 Å². The first-order valence-electron chi connectivity index (χ1n) is 10.7. The molecule has 164 valence electrons. The molecule has 7 nitrogen and oxygen atoms in total. The lowest BCUT2D eigenvalue weighted by Gasteiger charge is -2.23. The van der Waals surface area contributed by atoms with Crippen molar-refractivity contribution in [1.29, 1.82) is 0 Å². The van der Waals surface area contributed by atoms with E-state index < -0.39 is 0 Å². The largest absolute Gasteiger partial charge is 0.356 e. The minimum absolute atomic E-state index is 0.00485. The number of hydrogen-bond acceptors (Lipinski definition) is 4. The van der Waals surface area contributed by atoms with Gasteiger partial charge in [0.1, 0.15) is 0 Å². The second kappa shape index (κ2) is 15.3. The summed E-state index contributed by atoms with van der Waals surface area (Å²) in [6.07, 6.45) is 2.65. The zero-order chi connectivity index (χ0) is 21.5. The Morgan fingerprint density at radius 2 is 0.821 bits per heavy atom. The maximum Gasteiger partial charge on any atom is 0.222 e. The minimum atomic E-state index is 0.00485. The van der Waals surface area contributed by atoms with E-state index >= 15 is 0 Å². The summed E-state index contributed by atoms with van der Waals surface area (Å²) in [6, 6.07) is 0. The van der Waals surface area contributed by atoms with Gasteiger partial charge in [0.2, 0.25) is 17.7 Å². The first-order valence-corrected chi connectivity index (χ1v) is 10.7. The molecule has 3 amide bonds. The van der Waals surface area contributed by atoms with Crippen LogP contribution in [0.15, 0.2) is 0 Å². The van der Waals surface area contributed by atoms with E-state index in [0.717, 1.165) is 38.9 Å². The first-order chi connectivity index (χ1) is 13.1. The maximum atomic E-state index is 11.6. The van der Waals surface area contributed by atoms with Crippen LogP contribution >= 0.6 is 0 Å². The SMILES string of the molecule is CC(C)C(=O)NCCCN(CCCNC(=O)C(C)C)CCCNC(=O)C(C)C. The predicted molar refractivity (Wildman–Crippen MR) is 114 cm³/mol. The van der Waals surface area contributed by atoms with Gasteiger partial charge in [-0.25, -0.2) is 0 Å². The molecule has 0 saturated heterocycles. The number of carbonyl (C=O) groups excluding carboxylic acids is 3. The summed E-state index contributed by atoms with van der Waals surface area (Å²) in [7, 11) is 0. The van der Waals surface area contributed by atoms with Crippen LogP contribution < -0.4 is 16.0 Å². The molecule has 0 saturated carbocycles. The highest BCUT2D eigenvalue weighted by Crippen LogP contribution is 1.99. The molecular weight excluding hydrogens is 356 g/mol. The van der Waals surface area contributed by atoms with Crippen molar-refractivity contribution in [2.24, 2.45) is 17.8 Å². The molecule has 0 aliphatic rings. The third-order valence-electron chi connectivity index (χ3n) is 4.42. The topological polar surface area (TPSA) is 90.5 Å². The van der Waals surface area contributed by atoms with E-state index in [-0.39, 0.29) is 35.5 Å². The van der Waals surface area contributed by atoms with Crippen LogP contribution in [0.3, 0.4) is 0 Å². The molecule has 0 heterocycles. The van der Waals surface area contributed by atoms with Crippen molar-refractivity contribution >= 4 is 17.7 Å². The summed E-state index contributed by atoms with van der Waals surface area (Å²) in [5.41, 5.74) is 0. The van der Waals surface area contributed by atoms with Gasteiger partial charge >= 0.3 is 0 Å². The normalized spacial score (nSPS) is 11.4. The van der Waals surface area contributed by atoms with Gasteiger partial charge in [-0.3, -0.25) is 14.4 Å². The van der Waals surface area contributed by atoms with Crippen LogP contribution in [0.1, 0.15) is 60.8 Å². The summed E-state index contributed by atoms with van der Waals surface area (Å²) in [5, 5.41) is 8.84. The quantitative estimate of drug-likeness (QED) is 0.367. The van der Waals surface area contributed by atoms with Crippen molar-refractivity contribution < 1.29 is 14.4 Å². The van der Waals surface area contributed by atoms with Gasteiger partial charge in [-0.1, -0.05) is 41.5 Å². The molecule has 0 rings (SSSR count). The van der Waals surface area contributed by atoms with Gasteiger partial charge < -0.3 is 20.9 Å². The number of nitrogens with one attached hydrogen (secondary N) is 3. The molecule has 0 aromatic rings. The average molecular weight is 399 g/mol. The molecule has 0 aromatic carbocycles. The number of carbonyl (C=O) groups is 3. The second-order valence-electron chi connectivity index (χ2n) is 8.24. The molecule has 7 heteroatoms. The minimum Gasteiger partial charge on any atom is -0.356 e. The van der Waals surface area contributed by atoms with Crippen molar-refractivity contribution in [3.05, 3.63) is 0 Å². The fourth-order valence-electron chi connectivity index (χ4n) is 2.49. The lowest BCUT2D eigenvalue weighted by Crippen LogP contribution is -2.36. The van der Waals surface area contributed by atoms with Gasteiger partial charge in [0.15, 0.2) is 0 Å². The number of amides is 3. The van der Waals surface area contributed by atoms with Gasteiger partial charge in [0, 0.05) is 37.4 Å². The first kappa shape index (κ1) is 26.4. The molecule has 0 aliphatic heterocycles. The smallest absolute Gasteiger partial charge is 0.222 e. The molecule has 3 N–H and O–H groups in total. The van der Waals surface area contributed by atoms with E-state index in [1.807, 2.05) is 41.5 Å². The third kappa shape index (κ3) is 13.5. The van der Waals surface area contributed by atoms with Crippen molar-refractivity contribution in [3.8, 4) is 0 Å². The maximum absolute atomic E-state index is 11.6. The molecule has 0 radical (unpaired) electrons. The summed E-state index contributed by atoms with van der Waals surface area (Å²) in [5.74, 6) is 0.263. The number of rotatable bonds is 15. The Balaban J connectivity index is 4.23. The van der Waals surface area contributed by atoms with Crippen LogP contribution in [-0.2, 0) is 14.4 Å². The van der Waals surface area contributed by atoms with E-state index in [1.165, 1.54) is 0 Å². The van der Waals surface area contributed by atoms with E-state index in [9.17, 15) is 14.4 Å². The Morgan fingerprint density at radius 1 is 0.571 bits per heavy atom. The van der Waals surface area contributed by atoms with Gasteiger partial charge in [0.25, 0.3) is 0 Å². The Bertz CT molecular complexity index is 398. The second-order valence-corrected chi connectivity index (χ2v) is 8.24. The zero-order valence-corrected chi connectivity index (χ0v) is 18.8. The Morgan fingerprint density at radius 3 is 1.04 bits per heavy atom. The molecule has 0 unspecified atom stereocenters. The number of nitrogens with zero attached hydrogens (tertiary/aromatic N) is 1. The Labute approximate surface area is 171 Å². The molecule has 0 spiro atoms. The predicted octanol–water partition coefficient (Wildman–Crippen LogP) is 1.78. The third-order valence-corrected chi connectivity index (χ3v) is 4.42. The number of hydrogen-bond donors (Lipinski definition) is 3. The zero-order valence-electron chi connectivity index (χ0n) is 18.8. The van der Waals surface area contributed by atoms with Crippen LogP contribution in [0.4, 0.5) is 0 Å². The van der Waals surface area contributed by atoms with Crippen molar-refractivity contribution in [3.63, 3.8) is 0 Å². The van der Waals surface area contributed by atoms with E-state index in [0.29, 0.717) is 19.6 Å². The summed E-state index contributed by atoms with van der Waals surface area (Å²) in [4.78, 5) is 37.3. The molecule has 0 fully saturated rings. The Kier molecular flexibility index (Phi) is 14.4. The average Bonchev–Trinajstić information content (AvgIpc) is 2.63. The Hall–Kier alpha value is -1.63. The van der Waals surface area contributed by atoms with Crippen LogP contribution in [0, 0.1) is 17.8 Å². The van der Waals surface area contributed by atoms with E-state index in [4.69, 9.17) is 0 Å². The fourth-order valence-corrected chi connectivity index (χ4v) is 2.49. The fraction of sp³-hybridized carbons (Fsp3) is 0.857. The monoisotopic (exact) mass is 398 g/mol. The van der Waals surface area contributed by atoms with Crippen LogP contribution in [0.25, 0.3) is 0 Å². The van der Waals surface area contributed by atoms with Crippen molar-refractivity contribution in [2.45, 2.75) is 60.8 Å². The standard InChI is InChI=1S/C21H42N4O3/c1-16(2)19(26)22-10-7-13-25(14-8-11-23-20(27)17(3)4)15-9-12-24-21(28)18(5)6/h16-18H,7-15H2,1-6H3,(H,22,26)(H,23,27)(H,24,28). The highest BCUT2D eigenvalue weighted by molar-refractivity contribution is 5.78. The molecule has 0 atom stereocenters. The summed E-state index contributed by atoms with van der Waals surface area (Å²) >= 11 is 0. The van der Waals surface area contributed by atoms with Crippen LogP contribution in [0.5, 0.6) is 0 Å². The van der Waals surface area contributed by atoms with Crippen molar-refractivity contribution in [1.82, 2.24) is 20.9 Å². The molecule has 0 bridgehead atoms. The molecule has 0 aliphatic carbocycles. The highest BCUT2D eigenvalue weighted by atomic mass is 16.2. The highest BCUT2D eigenvalue weighted by Gasteiger charge is 2.10. The lowest BCUT2D eigenvalue weighted by atomic mass is 10.2. The van der Waals surface area contributed by atoms with Gasteiger partial charge in [0.05, 0.1) is 0 Å². The summed E-state index contributed by atoms with van der Waals surface area (Å²) in [6.45, 7) is 16.0. The summed E-state index contributed by atoms with van der Waals surface area (Å²) < 4.78 is 0. The van der Waals surface area contributed by atoms with Crippen LogP contribution in [0.2, 0.25) is 0 Å².